The van der Waals surface area contributed by atoms with Gasteiger partial charge in [0.15, 0.2) is 0 Å². The minimum Gasteiger partial charge on any atom is -0.379 e. The Balaban J connectivity index is 1.44. The highest BCUT2D eigenvalue weighted by Crippen LogP contribution is 2.28. The van der Waals surface area contributed by atoms with Gasteiger partial charge in [0.1, 0.15) is 0 Å². The van der Waals surface area contributed by atoms with Crippen LogP contribution in [0.3, 0.4) is 0 Å². The van der Waals surface area contributed by atoms with Gasteiger partial charge < -0.3 is 14.6 Å². The predicted molar refractivity (Wildman–Crippen MR) is 93.3 cm³/mol. The van der Waals surface area contributed by atoms with Crippen molar-refractivity contribution in [1.29, 1.82) is 0 Å². The van der Waals surface area contributed by atoms with Crippen molar-refractivity contribution in [1.82, 2.24) is 25.3 Å². The molecule has 7 heteroatoms. The van der Waals surface area contributed by atoms with Crippen LogP contribution in [0.4, 0.5) is 0 Å². The summed E-state index contributed by atoms with van der Waals surface area (Å²) < 4.78 is 10.9. The van der Waals surface area contributed by atoms with Crippen molar-refractivity contribution in [3.05, 3.63) is 28.9 Å². The molecule has 2 aliphatic heterocycles. The van der Waals surface area contributed by atoms with Crippen LogP contribution in [-0.4, -0.2) is 59.4 Å². The Kier molecular flexibility index (Phi) is 5.05. The van der Waals surface area contributed by atoms with Crippen molar-refractivity contribution in [2.75, 3.05) is 39.4 Å². The number of nitrogens with zero attached hydrogens (tertiary/aromatic N) is 4. The predicted octanol–water partition coefficient (Wildman–Crippen LogP) is 1.35. The van der Waals surface area contributed by atoms with Gasteiger partial charge in [0.2, 0.25) is 11.7 Å². The molecule has 0 bridgehead atoms. The number of aryl methyl sites for hydroxylation is 2. The highest BCUT2D eigenvalue weighted by atomic mass is 16.5. The molecule has 7 nitrogen and oxygen atoms in total. The van der Waals surface area contributed by atoms with Crippen molar-refractivity contribution in [2.24, 2.45) is 0 Å². The highest BCUT2D eigenvalue weighted by molar-refractivity contribution is 5.64. The van der Waals surface area contributed by atoms with E-state index in [2.05, 4.69) is 25.3 Å². The first-order valence-corrected chi connectivity index (χ1v) is 9.12. The number of nitrogens with one attached hydrogen (secondary N) is 1. The molecular weight excluding hydrogens is 318 g/mol. The summed E-state index contributed by atoms with van der Waals surface area (Å²) in [6, 6.07) is 0. The monoisotopic (exact) mass is 343 g/mol. The smallest absolute Gasteiger partial charge is 0.227 e. The van der Waals surface area contributed by atoms with E-state index >= 15 is 0 Å². The Morgan fingerprint density at radius 3 is 3.04 bits per heavy atom. The van der Waals surface area contributed by atoms with E-state index in [1.54, 1.807) is 0 Å². The van der Waals surface area contributed by atoms with Crippen LogP contribution in [0.1, 0.15) is 29.1 Å². The molecule has 1 fully saturated rings. The van der Waals surface area contributed by atoms with Crippen LogP contribution in [-0.2, 0) is 24.1 Å². The number of rotatable bonds is 5. The molecule has 0 unspecified atom stereocenters. The Morgan fingerprint density at radius 2 is 2.16 bits per heavy atom. The molecule has 4 heterocycles. The summed E-state index contributed by atoms with van der Waals surface area (Å²) in [6.07, 6.45) is 4.78. The first kappa shape index (κ1) is 16.6. The maximum atomic E-state index is 5.51. The number of morpholine rings is 1. The van der Waals surface area contributed by atoms with Crippen LogP contribution in [0.2, 0.25) is 0 Å². The van der Waals surface area contributed by atoms with Crippen molar-refractivity contribution >= 4 is 0 Å². The summed E-state index contributed by atoms with van der Waals surface area (Å²) in [5.41, 5.74) is 4.58. The molecular formula is C18H25N5O2. The Hall–Kier alpha value is -1.83. The molecule has 0 amide bonds. The van der Waals surface area contributed by atoms with Crippen molar-refractivity contribution in [2.45, 2.75) is 32.7 Å². The summed E-state index contributed by atoms with van der Waals surface area (Å²) in [6.45, 7) is 8.62. The third-order valence-electron chi connectivity index (χ3n) is 4.99. The van der Waals surface area contributed by atoms with E-state index in [1.807, 2.05) is 13.1 Å². The molecule has 4 rings (SSSR count). The van der Waals surface area contributed by atoms with Gasteiger partial charge in [-0.25, -0.2) is 0 Å². The summed E-state index contributed by atoms with van der Waals surface area (Å²) in [5, 5.41) is 7.63. The van der Waals surface area contributed by atoms with E-state index in [0.717, 1.165) is 76.5 Å². The molecule has 2 aliphatic rings. The topological polar surface area (TPSA) is 76.3 Å². The Bertz CT molecular complexity index is 724. The SMILES string of the molecule is Cc1ncc2c(c1-c1noc(CCCN3CCOCC3)n1)CCNC2. The minimum absolute atomic E-state index is 0.685. The van der Waals surface area contributed by atoms with Crippen LogP contribution in [0.15, 0.2) is 10.7 Å². The zero-order valence-electron chi connectivity index (χ0n) is 14.8. The fraction of sp³-hybridized carbons (Fsp3) is 0.611. The third-order valence-corrected chi connectivity index (χ3v) is 4.99. The first-order chi connectivity index (χ1) is 12.3. The molecule has 0 spiro atoms. The van der Waals surface area contributed by atoms with Gasteiger partial charge in [-0.3, -0.25) is 9.88 Å². The molecule has 1 N–H and O–H groups in total. The lowest BCUT2D eigenvalue weighted by Gasteiger charge is -2.26. The van der Waals surface area contributed by atoms with Crippen LogP contribution >= 0.6 is 0 Å². The van der Waals surface area contributed by atoms with Gasteiger partial charge >= 0.3 is 0 Å². The number of ether oxygens (including phenoxy) is 1. The number of hydrogen-bond donors (Lipinski definition) is 1. The molecule has 0 aliphatic carbocycles. The van der Waals surface area contributed by atoms with E-state index in [4.69, 9.17) is 9.26 Å². The molecule has 0 atom stereocenters. The average Bonchev–Trinajstić information content (AvgIpc) is 3.11. The van der Waals surface area contributed by atoms with Gasteiger partial charge in [-0.15, -0.1) is 0 Å². The van der Waals surface area contributed by atoms with E-state index in [-0.39, 0.29) is 0 Å². The number of hydrogen-bond acceptors (Lipinski definition) is 7. The van der Waals surface area contributed by atoms with Crippen LogP contribution in [0.25, 0.3) is 11.4 Å². The lowest BCUT2D eigenvalue weighted by Crippen LogP contribution is -2.36. The van der Waals surface area contributed by atoms with Gasteiger partial charge in [0.05, 0.1) is 13.2 Å². The molecule has 1 saturated heterocycles. The van der Waals surface area contributed by atoms with Crippen LogP contribution in [0, 0.1) is 6.92 Å². The van der Waals surface area contributed by atoms with E-state index in [9.17, 15) is 0 Å². The van der Waals surface area contributed by atoms with Crippen LogP contribution in [0.5, 0.6) is 0 Å². The summed E-state index contributed by atoms with van der Waals surface area (Å²) >= 11 is 0. The molecule has 0 radical (unpaired) electrons. The largest absolute Gasteiger partial charge is 0.379 e. The van der Waals surface area contributed by atoms with Gasteiger partial charge in [0.25, 0.3) is 0 Å². The fourth-order valence-corrected chi connectivity index (χ4v) is 3.60. The van der Waals surface area contributed by atoms with Gasteiger partial charge in [-0.1, -0.05) is 5.16 Å². The lowest BCUT2D eigenvalue weighted by atomic mass is 9.95. The second-order valence-electron chi connectivity index (χ2n) is 6.72. The molecule has 0 saturated carbocycles. The summed E-state index contributed by atoms with van der Waals surface area (Å²) in [7, 11) is 0. The maximum Gasteiger partial charge on any atom is 0.227 e. The zero-order valence-corrected chi connectivity index (χ0v) is 14.8. The fourth-order valence-electron chi connectivity index (χ4n) is 3.60. The zero-order chi connectivity index (χ0) is 17.1. The normalized spacial score (nSPS) is 18.3. The number of aromatic nitrogens is 3. The average molecular weight is 343 g/mol. The summed E-state index contributed by atoms with van der Waals surface area (Å²) in [5.74, 6) is 1.40. The molecule has 134 valence electrons. The number of pyridine rings is 1. The van der Waals surface area contributed by atoms with Crippen molar-refractivity contribution in [3.8, 4) is 11.4 Å². The number of fused-ring (bicyclic) bond motifs is 1. The van der Waals surface area contributed by atoms with E-state index in [0.29, 0.717) is 11.7 Å². The minimum atomic E-state index is 0.685. The van der Waals surface area contributed by atoms with Crippen molar-refractivity contribution in [3.63, 3.8) is 0 Å². The van der Waals surface area contributed by atoms with Gasteiger partial charge in [0, 0.05) is 43.5 Å². The highest BCUT2D eigenvalue weighted by Gasteiger charge is 2.21. The lowest BCUT2D eigenvalue weighted by molar-refractivity contribution is 0.0372. The molecule has 2 aromatic heterocycles. The second-order valence-corrected chi connectivity index (χ2v) is 6.72. The summed E-state index contributed by atoms with van der Waals surface area (Å²) in [4.78, 5) is 11.6. The van der Waals surface area contributed by atoms with Gasteiger partial charge in [-0.05, 0) is 44.0 Å². The second kappa shape index (κ2) is 7.59. The van der Waals surface area contributed by atoms with Gasteiger partial charge in [-0.2, -0.15) is 4.98 Å². The molecule has 25 heavy (non-hydrogen) atoms. The maximum absolute atomic E-state index is 5.51. The van der Waals surface area contributed by atoms with E-state index in [1.165, 1.54) is 11.1 Å². The van der Waals surface area contributed by atoms with Crippen LogP contribution < -0.4 is 5.32 Å². The molecule has 0 aromatic carbocycles. The Labute approximate surface area is 147 Å². The standard InChI is InChI=1S/C18H25N5O2/c1-13-17(15-4-5-19-11-14(15)12-20-13)18-21-16(25-22-18)3-2-6-23-7-9-24-10-8-23/h12,19H,2-11H2,1H3. The Morgan fingerprint density at radius 1 is 1.28 bits per heavy atom. The van der Waals surface area contributed by atoms with Crippen molar-refractivity contribution < 1.29 is 9.26 Å². The third kappa shape index (κ3) is 3.73. The molecule has 2 aromatic rings. The van der Waals surface area contributed by atoms with E-state index < -0.39 is 0 Å². The quantitative estimate of drug-likeness (QED) is 0.878. The first-order valence-electron chi connectivity index (χ1n) is 9.12.